The summed E-state index contributed by atoms with van der Waals surface area (Å²) in [7, 11) is 1.75. The van der Waals surface area contributed by atoms with Gasteiger partial charge in [0.25, 0.3) is 0 Å². The smallest absolute Gasteiger partial charge is 0.176 e. The molecule has 2 rings (SSSR count). The molecule has 0 unspecified atom stereocenters. The molecule has 0 aromatic heterocycles. The van der Waals surface area contributed by atoms with Crippen molar-refractivity contribution in [3.63, 3.8) is 0 Å². The molecule has 1 aromatic carbocycles. The maximum absolute atomic E-state index is 12.1. The molecule has 0 saturated carbocycles. The van der Waals surface area contributed by atoms with Crippen LogP contribution in [0.5, 0.6) is 0 Å². The average Bonchev–Trinajstić information content (AvgIpc) is 2.40. The van der Waals surface area contributed by atoms with Gasteiger partial charge in [-0.15, -0.1) is 0 Å². The van der Waals surface area contributed by atoms with E-state index in [2.05, 4.69) is 4.90 Å². The molecule has 1 fully saturated rings. The summed E-state index contributed by atoms with van der Waals surface area (Å²) in [5, 5.41) is 0.660. The highest BCUT2D eigenvalue weighted by molar-refractivity contribution is 6.30. The van der Waals surface area contributed by atoms with Crippen LogP contribution in [-0.2, 0) is 4.74 Å². The van der Waals surface area contributed by atoms with Gasteiger partial charge in [0.1, 0.15) is 0 Å². The summed E-state index contributed by atoms with van der Waals surface area (Å²) >= 11 is 5.80. The summed E-state index contributed by atoms with van der Waals surface area (Å²) < 4.78 is 5.32. The summed E-state index contributed by atoms with van der Waals surface area (Å²) in [5.74, 6) is 0.155. The zero-order chi connectivity index (χ0) is 13.0. The molecular formula is C14H18ClNO2. The largest absolute Gasteiger partial charge is 0.381 e. The van der Waals surface area contributed by atoms with Gasteiger partial charge >= 0.3 is 0 Å². The summed E-state index contributed by atoms with van der Waals surface area (Å²) in [6.07, 6.45) is 2.36. The normalized spacial score (nSPS) is 17.9. The third-order valence-corrected chi connectivity index (χ3v) is 3.65. The second-order valence-corrected chi connectivity index (χ2v) is 5.08. The highest BCUT2D eigenvalue weighted by atomic mass is 35.5. The van der Waals surface area contributed by atoms with Crippen molar-refractivity contribution in [2.75, 3.05) is 26.7 Å². The Hall–Kier alpha value is -0.900. The average molecular weight is 268 g/mol. The predicted octanol–water partition coefficient (Wildman–Crippen LogP) is 2.63. The van der Waals surface area contributed by atoms with Crippen molar-refractivity contribution >= 4 is 17.4 Å². The molecule has 0 bridgehead atoms. The summed E-state index contributed by atoms with van der Waals surface area (Å²) in [5.41, 5.74) is 0.730. The van der Waals surface area contributed by atoms with Crippen LogP contribution in [0.4, 0.5) is 0 Å². The number of hydrogen-bond donors (Lipinski definition) is 0. The molecule has 0 aliphatic carbocycles. The number of Topliss-reactive ketones (excluding diaryl/α,β-unsaturated/α-hetero) is 1. The lowest BCUT2D eigenvalue weighted by Gasteiger charge is -2.30. The standard InChI is InChI=1S/C14H18ClNO2/c1-18-13-6-8-16(9-7-13)10-14(17)11-2-4-12(15)5-3-11/h2-5,13H,6-10H2,1H3. The fourth-order valence-electron chi connectivity index (χ4n) is 2.23. The zero-order valence-corrected chi connectivity index (χ0v) is 11.3. The SMILES string of the molecule is COC1CCN(CC(=O)c2ccc(Cl)cc2)CC1. The first kappa shape index (κ1) is 13.5. The molecule has 0 amide bonds. The van der Waals surface area contributed by atoms with E-state index in [1.54, 1.807) is 31.4 Å². The molecule has 18 heavy (non-hydrogen) atoms. The number of piperidine rings is 1. The van der Waals surface area contributed by atoms with Crippen molar-refractivity contribution in [1.29, 1.82) is 0 Å². The van der Waals surface area contributed by atoms with Gasteiger partial charge in [-0.2, -0.15) is 0 Å². The Labute approximate surface area is 113 Å². The highest BCUT2D eigenvalue weighted by Crippen LogP contribution is 2.14. The first-order valence-electron chi connectivity index (χ1n) is 6.23. The van der Waals surface area contributed by atoms with E-state index >= 15 is 0 Å². The quantitative estimate of drug-likeness (QED) is 0.786. The molecule has 0 radical (unpaired) electrons. The van der Waals surface area contributed by atoms with E-state index in [-0.39, 0.29) is 5.78 Å². The lowest BCUT2D eigenvalue weighted by Crippen LogP contribution is -2.39. The number of hydrogen-bond acceptors (Lipinski definition) is 3. The number of carbonyl (C=O) groups is 1. The molecule has 1 saturated heterocycles. The Morgan fingerprint density at radius 3 is 2.50 bits per heavy atom. The van der Waals surface area contributed by atoms with Crippen molar-refractivity contribution in [1.82, 2.24) is 4.90 Å². The fourth-order valence-corrected chi connectivity index (χ4v) is 2.36. The number of nitrogens with zero attached hydrogens (tertiary/aromatic N) is 1. The Morgan fingerprint density at radius 1 is 1.33 bits per heavy atom. The number of likely N-dealkylation sites (tertiary alicyclic amines) is 1. The van der Waals surface area contributed by atoms with E-state index in [0.29, 0.717) is 17.7 Å². The highest BCUT2D eigenvalue weighted by Gasteiger charge is 2.20. The second kappa shape index (κ2) is 6.32. The third kappa shape index (κ3) is 3.55. The van der Waals surface area contributed by atoms with Gasteiger partial charge in [-0.3, -0.25) is 9.69 Å². The van der Waals surface area contributed by atoms with Crippen molar-refractivity contribution in [2.24, 2.45) is 0 Å². The molecule has 1 aliphatic heterocycles. The number of ether oxygens (including phenoxy) is 1. The van der Waals surface area contributed by atoms with Crippen LogP contribution in [0.2, 0.25) is 5.02 Å². The molecule has 0 atom stereocenters. The maximum atomic E-state index is 12.1. The van der Waals surface area contributed by atoms with Crippen LogP contribution in [0.1, 0.15) is 23.2 Å². The van der Waals surface area contributed by atoms with Gasteiger partial charge in [0.2, 0.25) is 0 Å². The van der Waals surface area contributed by atoms with Gasteiger partial charge in [-0.25, -0.2) is 0 Å². The van der Waals surface area contributed by atoms with Gasteiger partial charge in [0, 0.05) is 30.8 Å². The van der Waals surface area contributed by atoms with E-state index in [9.17, 15) is 4.79 Å². The Kier molecular flexibility index (Phi) is 4.75. The third-order valence-electron chi connectivity index (χ3n) is 3.40. The van der Waals surface area contributed by atoms with Gasteiger partial charge in [-0.1, -0.05) is 11.6 Å². The molecule has 1 aromatic rings. The second-order valence-electron chi connectivity index (χ2n) is 4.64. The molecule has 0 N–H and O–H groups in total. The number of methoxy groups -OCH3 is 1. The summed E-state index contributed by atoms with van der Waals surface area (Å²) in [6, 6.07) is 7.08. The number of rotatable bonds is 4. The van der Waals surface area contributed by atoms with Crippen LogP contribution in [0, 0.1) is 0 Å². The number of benzene rings is 1. The maximum Gasteiger partial charge on any atom is 0.176 e. The van der Waals surface area contributed by atoms with Gasteiger partial charge in [0.15, 0.2) is 5.78 Å². The van der Waals surface area contributed by atoms with Crippen LogP contribution in [-0.4, -0.2) is 43.5 Å². The van der Waals surface area contributed by atoms with Gasteiger partial charge < -0.3 is 4.74 Å². The van der Waals surface area contributed by atoms with Crippen molar-refractivity contribution in [3.8, 4) is 0 Å². The topological polar surface area (TPSA) is 29.5 Å². The molecule has 1 heterocycles. The molecule has 4 heteroatoms. The van der Waals surface area contributed by atoms with E-state index in [4.69, 9.17) is 16.3 Å². The predicted molar refractivity (Wildman–Crippen MR) is 72.3 cm³/mol. The molecule has 1 aliphatic rings. The van der Waals surface area contributed by atoms with Crippen LogP contribution in [0.25, 0.3) is 0 Å². The zero-order valence-electron chi connectivity index (χ0n) is 10.6. The van der Waals surface area contributed by atoms with E-state index in [1.807, 2.05) is 0 Å². The molecule has 3 nitrogen and oxygen atoms in total. The summed E-state index contributed by atoms with van der Waals surface area (Å²) in [4.78, 5) is 14.2. The van der Waals surface area contributed by atoms with E-state index < -0.39 is 0 Å². The molecular weight excluding hydrogens is 250 g/mol. The molecule has 98 valence electrons. The lowest BCUT2D eigenvalue weighted by atomic mass is 10.1. The Balaban J connectivity index is 1.86. The van der Waals surface area contributed by atoms with Gasteiger partial charge in [0.05, 0.1) is 12.6 Å². The number of carbonyl (C=O) groups excluding carboxylic acids is 1. The van der Waals surface area contributed by atoms with E-state index in [1.165, 1.54) is 0 Å². The van der Waals surface area contributed by atoms with Crippen molar-refractivity contribution in [2.45, 2.75) is 18.9 Å². The Morgan fingerprint density at radius 2 is 1.94 bits per heavy atom. The van der Waals surface area contributed by atoms with Crippen LogP contribution < -0.4 is 0 Å². The molecule has 0 spiro atoms. The van der Waals surface area contributed by atoms with Crippen LogP contribution in [0.15, 0.2) is 24.3 Å². The first-order chi connectivity index (χ1) is 8.69. The van der Waals surface area contributed by atoms with Crippen LogP contribution >= 0.6 is 11.6 Å². The van der Waals surface area contributed by atoms with Crippen molar-refractivity contribution < 1.29 is 9.53 Å². The van der Waals surface area contributed by atoms with E-state index in [0.717, 1.165) is 31.5 Å². The Bertz CT molecular complexity index is 397. The monoisotopic (exact) mass is 267 g/mol. The van der Waals surface area contributed by atoms with Crippen molar-refractivity contribution in [3.05, 3.63) is 34.9 Å². The van der Waals surface area contributed by atoms with Crippen LogP contribution in [0.3, 0.4) is 0 Å². The lowest BCUT2D eigenvalue weighted by molar-refractivity contribution is 0.0401. The minimum Gasteiger partial charge on any atom is -0.381 e. The summed E-state index contributed by atoms with van der Waals surface area (Å²) in [6.45, 7) is 2.34. The van der Waals surface area contributed by atoms with Gasteiger partial charge in [-0.05, 0) is 37.1 Å². The first-order valence-corrected chi connectivity index (χ1v) is 6.61. The fraction of sp³-hybridized carbons (Fsp3) is 0.500. The minimum atomic E-state index is 0.155. The number of halogens is 1. The minimum absolute atomic E-state index is 0.155. The number of ketones is 1.